The van der Waals surface area contributed by atoms with Gasteiger partial charge in [-0.05, 0) is 18.4 Å². The maximum atomic E-state index is 11.3. The minimum Gasteiger partial charge on any atom is -0.481 e. The summed E-state index contributed by atoms with van der Waals surface area (Å²) in [5.41, 5.74) is 0.868. The Morgan fingerprint density at radius 2 is 2.00 bits per heavy atom. The summed E-state index contributed by atoms with van der Waals surface area (Å²) in [7, 11) is 0. The van der Waals surface area contributed by atoms with Crippen LogP contribution in [0.2, 0.25) is 0 Å². The lowest BCUT2D eigenvalue weighted by Gasteiger charge is -2.14. The van der Waals surface area contributed by atoms with E-state index < -0.39 is 30.0 Å². The number of rotatable bonds is 5. The number of hydrogen-bond donors (Lipinski definition) is 2. The third-order valence-electron chi connectivity index (χ3n) is 2.96. The van der Waals surface area contributed by atoms with Gasteiger partial charge >= 0.3 is 18.0 Å². The first-order chi connectivity index (χ1) is 9.06. The normalized spacial score (nSPS) is 19.7. The van der Waals surface area contributed by atoms with E-state index in [1.807, 2.05) is 30.3 Å². The van der Waals surface area contributed by atoms with Crippen LogP contribution in [0.5, 0.6) is 0 Å². The number of carboxylic acids is 1. The van der Waals surface area contributed by atoms with Crippen LogP contribution in [0, 0.1) is 5.92 Å². The standard InChI is InChI=1S/C13H13NO5/c15-11(16)9(6-8-4-2-1-3-5-8)7-10-12(17)19-13(18)14-10/h1-5,9-10H,6-7H2,(H,14,18)(H,15,16)/t9-,10+/m1/s1. The number of carbonyl (C=O) groups is 3. The van der Waals surface area contributed by atoms with Gasteiger partial charge in [0, 0.05) is 0 Å². The molecule has 0 unspecified atom stereocenters. The fraction of sp³-hybridized carbons (Fsp3) is 0.308. The van der Waals surface area contributed by atoms with Gasteiger partial charge in [-0.15, -0.1) is 0 Å². The predicted octanol–water partition coefficient (Wildman–Crippen LogP) is 0.955. The number of benzene rings is 1. The Kier molecular flexibility index (Phi) is 3.79. The zero-order valence-electron chi connectivity index (χ0n) is 10.0. The molecule has 2 N–H and O–H groups in total. The lowest BCUT2D eigenvalue weighted by molar-refractivity contribution is -0.142. The third kappa shape index (κ3) is 3.31. The van der Waals surface area contributed by atoms with E-state index in [9.17, 15) is 19.5 Å². The van der Waals surface area contributed by atoms with Gasteiger partial charge in [0.2, 0.25) is 0 Å². The van der Waals surface area contributed by atoms with E-state index in [1.165, 1.54) is 0 Å². The van der Waals surface area contributed by atoms with E-state index in [2.05, 4.69) is 10.1 Å². The Labute approximate surface area is 109 Å². The molecule has 1 aliphatic rings. The van der Waals surface area contributed by atoms with Crippen LogP contribution < -0.4 is 5.32 Å². The number of hydrogen-bond acceptors (Lipinski definition) is 4. The number of carbonyl (C=O) groups excluding carboxylic acids is 2. The van der Waals surface area contributed by atoms with E-state index in [1.54, 1.807) is 0 Å². The van der Waals surface area contributed by atoms with Crippen molar-refractivity contribution in [1.29, 1.82) is 0 Å². The molecule has 6 nitrogen and oxygen atoms in total. The molecule has 1 amide bonds. The maximum absolute atomic E-state index is 11.3. The largest absolute Gasteiger partial charge is 0.481 e. The van der Waals surface area contributed by atoms with Gasteiger partial charge in [-0.1, -0.05) is 30.3 Å². The van der Waals surface area contributed by atoms with Gasteiger partial charge in [0.15, 0.2) is 0 Å². The van der Waals surface area contributed by atoms with E-state index in [0.717, 1.165) is 5.56 Å². The van der Waals surface area contributed by atoms with Crippen molar-refractivity contribution in [2.75, 3.05) is 0 Å². The molecule has 1 saturated heterocycles. The van der Waals surface area contributed by atoms with Gasteiger partial charge in [-0.25, -0.2) is 9.59 Å². The van der Waals surface area contributed by atoms with Gasteiger partial charge in [0.05, 0.1) is 5.92 Å². The number of amides is 1. The molecule has 1 fully saturated rings. The topological polar surface area (TPSA) is 92.7 Å². The number of aliphatic carboxylic acids is 1. The van der Waals surface area contributed by atoms with Crippen molar-refractivity contribution in [3.05, 3.63) is 35.9 Å². The molecular weight excluding hydrogens is 250 g/mol. The Balaban J connectivity index is 2.03. The molecule has 2 rings (SSSR count). The minimum atomic E-state index is -1.00. The van der Waals surface area contributed by atoms with E-state index >= 15 is 0 Å². The molecule has 1 heterocycles. The first-order valence-corrected chi connectivity index (χ1v) is 5.85. The highest BCUT2D eigenvalue weighted by atomic mass is 16.6. The lowest BCUT2D eigenvalue weighted by Crippen LogP contribution is -2.34. The lowest BCUT2D eigenvalue weighted by atomic mass is 9.93. The summed E-state index contributed by atoms with van der Waals surface area (Å²) < 4.78 is 4.32. The van der Waals surface area contributed by atoms with Crippen molar-refractivity contribution in [2.24, 2.45) is 5.92 Å². The highest BCUT2D eigenvalue weighted by Gasteiger charge is 2.36. The van der Waals surface area contributed by atoms with Crippen LogP contribution in [0.3, 0.4) is 0 Å². The van der Waals surface area contributed by atoms with Crippen LogP contribution in [0.4, 0.5) is 4.79 Å². The minimum absolute atomic E-state index is 0.0226. The van der Waals surface area contributed by atoms with Gasteiger partial charge in [-0.3, -0.25) is 4.79 Å². The molecule has 1 aromatic carbocycles. The second-order valence-electron chi connectivity index (χ2n) is 4.37. The summed E-state index contributed by atoms with van der Waals surface area (Å²) in [6, 6.07) is 8.24. The van der Waals surface area contributed by atoms with Gasteiger partial charge in [0.25, 0.3) is 0 Å². The van der Waals surface area contributed by atoms with Crippen molar-refractivity contribution in [1.82, 2.24) is 5.32 Å². The van der Waals surface area contributed by atoms with Crippen molar-refractivity contribution in [2.45, 2.75) is 18.9 Å². The highest BCUT2D eigenvalue weighted by Crippen LogP contribution is 2.17. The summed E-state index contributed by atoms with van der Waals surface area (Å²) in [6.45, 7) is 0. The SMILES string of the molecule is O=C1N[C@@H](C[C@@H](Cc2ccccc2)C(=O)O)C(=O)O1. The molecule has 1 aromatic rings. The molecule has 0 aromatic heterocycles. The number of alkyl carbamates (subject to hydrolysis) is 1. The summed E-state index contributed by atoms with van der Waals surface area (Å²) in [6.07, 6.45) is -0.496. The molecule has 1 aliphatic heterocycles. The zero-order chi connectivity index (χ0) is 13.8. The van der Waals surface area contributed by atoms with Crippen LogP contribution in [0.1, 0.15) is 12.0 Å². The fourth-order valence-corrected chi connectivity index (χ4v) is 2.00. The van der Waals surface area contributed by atoms with E-state index in [4.69, 9.17) is 0 Å². The van der Waals surface area contributed by atoms with Crippen LogP contribution in [0.15, 0.2) is 30.3 Å². The van der Waals surface area contributed by atoms with Crippen LogP contribution in [0.25, 0.3) is 0 Å². The molecule has 2 atom stereocenters. The first kappa shape index (κ1) is 13.1. The fourth-order valence-electron chi connectivity index (χ4n) is 2.00. The Bertz CT molecular complexity index is 499. The molecule has 6 heteroatoms. The predicted molar refractivity (Wildman–Crippen MR) is 64.3 cm³/mol. The average molecular weight is 263 g/mol. The monoisotopic (exact) mass is 263 g/mol. The number of nitrogens with one attached hydrogen (secondary N) is 1. The first-order valence-electron chi connectivity index (χ1n) is 5.85. The number of carboxylic acid groups (broad SMARTS) is 1. The summed E-state index contributed by atoms with van der Waals surface area (Å²) in [4.78, 5) is 33.4. The van der Waals surface area contributed by atoms with Gasteiger partial charge < -0.3 is 15.2 Å². The second kappa shape index (κ2) is 5.51. The zero-order valence-corrected chi connectivity index (χ0v) is 10.0. The van der Waals surface area contributed by atoms with Crippen LogP contribution in [-0.4, -0.2) is 29.2 Å². The molecule has 19 heavy (non-hydrogen) atoms. The van der Waals surface area contributed by atoms with E-state index in [0.29, 0.717) is 6.42 Å². The van der Waals surface area contributed by atoms with Crippen molar-refractivity contribution < 1.29 is 24.2 Å². The highest BCUT2D eigenvalue weighted by molar-refractivity contribution is 5.95. The smallest absolute Gasteiger partial charge is 0.415 e. The molecule has 0 aliphatic carbocycles. The van der Waals surface area contributed by atoms with Crippen molar-refractivity contribution >= 4 is 18.0 Å². The number of ether oxygens (including phenoxy) is 1. The molecule has 0 radical (unpaired) electrons. The number of esters is 1. The second-order valence-corrected chi connectivity index (χ2v) is 4.37. The van der Waals surface area contributed by atoms with E-state index in [-0.39, 0.29) is 6.42 Å². The summed E-state index contributed by atoms with van der Waals surface area (Å²) in [5, 5.41) is 11.5. The Morgan fingerprint density at radius 3 is 2.53 bits per heavy atom. The molecule has 0 saturated carbocycles. The van der Waals surface area contributed by atoms with Crippen LogP contribution in [-0.2, 0) is 20.7 Å². The molecule has 100 valence electrons. The van der Waals surface area contributed by atoms with Crippen LogP contribution >= 0.6 is 0 Å². The van der Waals surface area contributed by atoms with Gasteiger partial charge in [-0.2, -0.15) is 0 Å². The van der Waals surface area contributed by atoms with Gasteiger partial charge in [0.1, 0.15) is 6.04 Å². The average Bonchev–Trinajstić information content (AvgIpc) is 2.68. The molecule has 0 bridgehead atoms. The summed E-state index contributed by atoms with van der Waals surface area (Å²) >= 11 is 0. The Hall–Kier alpha value is -2.37. The van der Waals surface area contributed by atoms with Crippen molar-refractivity contribution in [3.63, 3.8) is 0 Å². The number of cyclic esters (lactones) is 2. The Morgan fingerprint density at radius 1 is 1.32 bits per heavy atom. The third-order valence-corrected chi connectivity index (χ3v) is 2.96. The quantitative estimate of drug-likeness (QED) is 0.609. The molecular formula is C13H13NO5. The molecule has 0 spiro atoms. The summed E-state index contributed by atoms with van der Waals surface area (Å²) in [5.74, 6) is -2.47. The maximum Gasteiger partial charge on any atom is 0.415 e. The van der Waals surface area contributed by atoms with Crippen molar-refractivity contribution in [3.8, 4) is 0 Å².